The Morgan fingerprint density at radius 1 is 1.29 bits per heavy atom. The highest BCUT2D eigenvalue weighted by atomic mass is 32.1. The van der Waals surface area contributed by atoms with E-state index in [1.54, 1.807) is 6.07 Å². The van der Waals surface area contributed by atoms with Gasteiger partial charge < -0.3 is 10.2 Å². The number of aliphatic hydroxyl groups is 1. The van der Waals surface area contributed by atoms with Crippen molar-refractivity contribution in [2.75, 3.05) is 0 Å². The summed E-state index contributed by atoms with van der Waals surface area (Å²) >= 11 is 1.37. The average molecular weight is 413 g/mol. The van der Waals surface area contributed by atoms with Crippen LogP contribution in [0.5, 0.6) is 0 Å². The van der Waals surface area contributed by atoms with Gasteiger partial charge in [0.25, 0.3) is 0 Å². The molecule has 2 N–H and O–H groups in total. The molecule has 2 aliphatic carbocycles. The van der Waals surface area contributed by atoms with Crippen molar-refractivity contribution in [3.63, 3.8) is 0 Å². The summed E-state index contributed by atoms with van der Waals surface area (Å²) < 4.78 is 13.4. The third-order valence-corrected chi connectivity index (χ3v) is 7.88. The largest absolute Gasteiger partial charge is 0.477 e. The highest BCUT2D eigenvalue weighted by molar-refractivity contribution is 7.13. The minimum Gasteiger partial charge on any atom is -0.477 e. The third-order valence-electron chi connectivity index (χ3n) is 6.75. The molecule has 0 aromatic carbocycles. The first-order valence-electron chi connectivity index (χ1n) is 11.1. The van der Waals surface area contributed by atoms with Crippen LogP contribution in [-0.4, -0.2) is 28.5 Å². The van der Waals surface area contributed by atoms with Gasteiger partial charge in [0, 0.05) is 4.88 Å². The summed E-state index contributed by atoms with van der Waals surface area (Å²) in [4.78, 5) is 12.0. The van der Waals surface area contributed by atoms with Gasteiger partial charge in [0.1, 0.15) is 11.0 Å². The topological polar surface area (TPSA) is 57.5 Å². The van der Waals surface area contributed by atoms with Gasteiger partial charge in [-0.3, -0.25) is 0 Å². The molecule has 28 heavy (non-hydrogen) atoms. The molecule has 1 heterocycles. The van der Waals surface area contributed by atoms with Crippen molar-refractivity contribution < 1.29 is 19.4 Å². The van der Waals surface area contributed by atoms with Crippen molar-refractivity contribution in [1.29, 1.82) is 0 Å². The molecule has 160 valence electrons. The summed E-state index contributed by atoms with van der Waals surface area (Å²) in [5, 5.41) is 18.8. The standard InChI is InChI=1S/C15H27FO.C8H10O2S/c1-2-15(10-5-11-15)14(17)9-4-7-12-6-3-8-13(12)16;1-2-3-6-4-5-7(11-6)8(9)10/h12-14,17H,2-11H2,1H3;4-5H,2-3H2,1H3,(H,9,10)/t12-,13-,14?;/m0./s1. The van der Waals surface area contributed by atoms with Gasteiger partial charge in [0.2, 0.25) is 0 Å². The van der Waals surface area contributed by atoms with Crippen LogP contribution in [0.3, 0.4) is 0 Å². The van der Waals surface area contributed by atoms with Crippen molar-refractivity contribution >= 4 is 17.3 Å². The summed E-state index contributed by atoms with van der Waals surface area (Å²) in [6.45, 7) is 4.27. The lowest BCUT2D eigenvalue weighted by molar-refractivity contribution is -0.0438. The van der Waals surface area contributed by atoms with E-state index < -0.39 is 12.1 Å². The van der Waals surface area contributed by atoms with Gasteiger partial charge in [-0.15, -0.1) is 11.3 Å². The van der Waals surface area contributed by atoms with E-state index in [4.69, 9.17) is 5.11 Å². The van der Waals surface area contributed by atoms with Crippen molar-refractivity contribution in [3.05, 3.63) is 21.9 Å². The van der Waals surface area contributed by atoms with Crippen LogP contribution < -0.4 is 0 Å². The molecule has 0 aliphatic heterocycles. The smallest absolute Gasteiger partial charge is 0.345 e. The zero-order chi connectivity index (χ0) is 20.6. The Balaban J connectivity index is 0.000000221. The second-order valence-electron chi connectivity index (χ2n) is 8.54. The number of hydrogen-bond donors (Lipinski definition) is 2. The van der Waals surface area contributed by atoms with Gasteiger partial charge in [0.15, 0.2) is 0 Å². The molecular formula is C23H37FO3S. The summed E-state index contributed by atoms with van der Waals surface area (Å²) in [6.07, 6.45) is 11.9. The average Bonchev–Trinajstić information content (AvgIpc) is 3.25. The van der Waals surface area contributed by atoms with E-state index in [9.17, 15) is 14.3 Å². The van der Waals surface area contributed by atoms with Crippen LogP contribution in [0.25, 0.3) is 0 Å². The lowest BCUT2D eigenvalue weighted by Crippen LogP contribution is -2.40. The van der Waals surface area contributed by atoms with Crippen molar-refractivity contribution in [2.24, 2.45) is 11.3 Å². The predicted octanol–water partition coefficient (Wildman–Crippen LogP) is 6.63. The molecule has 2 saturated carbocycles. The monoisotopic (exact) mass is 412 g/mol. The molecule has 0 radical (unpaired) electrons. The Morgan fingerprint density at radius 3 is 2.50 bits per heavy atom. The van der Waals surface area contributed by atoms with Crippen LogP contribution in [0.4, 0.5) is 4.39 Å². The van der Waals surface area contributed by atoms with Gasteiger partial charge in [0.05, 0.1) is 6.10 Å². The lowest BCUT2D eigenvalue weighted by atomic mass is 9.62. The zero-order valence-corrected chi connectivity index (χ0v) is 18.3. The van der Waals surface area contributed by atoms with Crippen LogP contribution in [0, 0.1) is 11.3 Å². The SMILES string of the molecule is CCC1(C(O)CCC[C@@H]2CCC[C@@H]2F)CCC1.CCCc1ccc(C(=O)O)s1. The number of rotatable bonds is 9. The summed E-state index contributed by atoms with van der Waals surface area (Å²) in [7, 11) is 0. The first-order valence-corrected chi connectivity index (χ1v) is 11.9. The Labute approximate surface area is 173 Å². The van der Waals surface area contributed by atoms with Crippen molar-refractivity contribution in [1.82, 2.24) is 0 Å². The molecule has 0 amide bonds. The predicted molar refractivity (Wildman–Crippen MR) is 114 cm³/mol. The van der Waals surface area contributed by atoms with E-state index in [0.29, 0.717) is 10.8 Å². The number of carbonyl (C=O) groups is 1. The second-order valence-corrected chi connectivity index (χ2v) is 9.71. The number of alkyl halides is 1. The van der Waals surface area contributed by atoms with Crippen molar-refractivity contribution in [3.8, 4) is 0 Å². The Morgan fingerprint density at radius 2 is 2.04 bits per heavy atom. The number of aromatic carboxylic acids is 1. The maximum Gasteiger partial charge on any atom is 0.345 e. The van der Waals surface area contributed by atoms with E-state index in [-0.39, 0.29) is 11.5 Å². The van der Waals surface area contributed by atoms with Crippen LogP contribution in [0.2, 0.25) is 0 Å². The molecular weight excluding hydrogens is 375 g/mol. The fraction of sp³-hybridized carbons (Fsp3) is 0.783. The van der Waals surface area contributed by atoms with Crippen LogP contribution in [-0.2, 0) is 6.42 Å². The molecule has 0 bridgehead atoms. The molecule has 1 aromatic rings. The Hall–Kier alpha value is -0.940. The minimum absolute atomic E-state index is 0.138. The van der Waals surface area contributed by atoms with E-state index in [0.717, 1.165) is 62.7 Å². The first kappa shape index (κ1) is 23.3. The van der Waals surface area contributed by atoms with Gasteiger partial charge in [-0.25, -0.2) is 9.18 Å². The van der Waals surface area contributed by atoms with Gasteiger partial charge in [-0.05, 0) is 74.8 Å². The molecule has 3 rings (SSSR count). The number of hydrogen-bond acceptors (Lipinski definition) is 3. The van der Waals surface area contributed by atoms with Crippen molar-refractivity contribution in [2.45, 2.75) is 103 Å². The Kier molecular flexibility index (Phi) is 9.42. The van der Waals surface area contributed by atoms with Gasteiger partial charge in [-0.1, -0.05) is 39.5 Å². The highest BCUT2D eigenvalue weighted by Gasteiger charge is 2.41. The van der Waals surface area contributed by atoms with E-state index >= 15 is 0 Å². The zero-order valence-electron chi connectivity index (χ0n) is 17.5. The third kappa shape index (κ3) is 6.28. The molecule has 2 aliphatic rings. The maximum atomic E-state index is 13.4. The number of aryl methyl sites for hydroxylation is 1. The van der Waals surface area contributed by atoms with Gasteiger partial charge in [-0.2, -0.15) is 0 Å². The van der Waals surface area contributed by atoms with E-state index in [1.165, 1.54) is 30.6 Å². The van der Waals surface area contributed by atoms with Crippen LogP contribution >= 0.6 is 11.3 Å². The van der Waals surface area contributed by atoms with Gasteiger partial charge >= 0.3 is 5.97 Å². The minimum atomic E-state index is -0.822. The molecule has 0 saturated heterocycles. The molecule has 1 aromatic heterocycles. The number of aliphatic hydroxyl groups excluding tert-OH is 1. The lowest BCUT2D eigenvalue weighted by Gasteiger charge is -2.45. The number of thiophene rings is 1. The molecule has 3 nitrogen and oxygen atoms in total. The number of carboxylic acid groups (broad SMARTS) is 1. The molecule has 3 atom stereocenters. The maximum absolute atomic E-state index is 13.4. The van der Waals surface area contributed by atoms with E-state index in [2.05, 4.69) is 13.8 Å². The number of halogens is 1. The molecule has 0 spiro atoms. The van der Waals surface area contributed by atoms with Crippen LogP contribution in [0.15, 0.2) is 12.1 Å². The summed E-state index contributed by atoms with van der Waals surface area (Å²) in [5.41, 5.74) is 0.227. The summed E-state index contributed by atoms with van der Waals surface area (Å²) in [5.74, 6) is -0.529. The fourth-order valence-electron chi connectivity index (χ4n) is 4.62. The molecule has 2 fully saturated rings. The molecule has 1 unspecified atom stereocenters. The highest BCUT2D eigenvalue weighted by Crippen LogP contribution is 2.48. The second kappa shape index (κ2) is 11.3. The van der Waals surface area contributed by atoms with E-state index in [1.807, 2.05) is 6.07 Å². The first-order chi connectivity index (χ1) is 13.4. The number of carboxylic acids is 1. The normalized spacial score (nSPS) is 24.1. The Bertz CT molecular complexity index is 591. The molecule has 5 heteroatoms. The van der Waals surface area contributed by atoms with Crippen LogP contribution in [0.1, 0.15) is 99.0 Å². The fourth-order valence-corrected chi connectivity index (χ4v) is 5.57. The summed E-state index contributed by atoms with van der Waals surface area (Å²) in [6, 6.07) is 3.55. The quantitative estimate of drug-likeness (QED) is 0.478.